The largest absolute Gasteiger partial charge is 0.390 e. The van der Waals surface area contributed by atoms with Crippen LogP contribution in [-0.4, -0.2) is 33.3 Å². The first-order valence-electron chi connectivity index (χ1n) is 6.25. The van der Waals surface area contributed by atoms with Gasteiger partial charge in [-0.1, -0.05) is 28.1 Å². The lowest BCUT2D eigenvalue weighted by Gasteiger charge is -2.17. The molecule has 20 heavy (non-hydrogen) atoms. The van der Waals surface area contributed by atoms with Gasteiger partial charge in [-0.15, -0.1) is 0 Å². The minimum Gasteiger partial charge on any atom is -0.390 e. The predicted octanol–water partition coefficient (Wildman–Crippen LogP) is 1.78. The Balaban J connectivity index is 2.64. The number of hydrogen-bond donors (Lipinski definition) is 3. The van der Waals surface area contributed by atoms with Crippen molar-refractivity contribution < 1.29 is 19.8 Å². The molecular weight excluding hydrogens is 326 g/mol. The molecule has 3 N–H and O–H groups in total. The van der Waals surface area contributed by atoms with Crippen molar-refractivity contribution in [1.29, 1.82) is 0 Å². The standard InChI is InChI=1S/C14H18BrNO4/c1-9(17)8-13(19)16-11-4-2-10(3-5-11)14(20)12(18)6-7-15/h2-5,12,14,18,20H,6-8H2,1H3,(H,16,19). The van der Waals surface area contributed by atoms with E-state index in [0.29, 0.717) is 23.0 Å². The van der Waals surface area contributed by atoms with Gasteiger partial charge in [0, 0.05) is 11.0 Å². The third-order valence-electron chi connectivity index (χ3n) is 2.71. The van der Waals surface area contributed by atoms with Gasteiger partial charge in [-0.25, -0.2) is 0 Å². The number of nitrogens with one attached hydrogen (secondary N) is 1. The van der Waals surface area contributed by atoms with Gasteiger partial charge in [-0.05, 0) is 31.0 Å². The van der Waals surface area contributed by atoms with E-state index in [2.05, 4.69) is 21.2 Å². The molecule has 0 radical (unpaired) electrons. The summed E-state index contributed by atoms with van der Waals surface area (Å²) in [6.07, 6.45) is -1.52. The van der Waals surface area contributed by atoms with Gasteiger partial charge in [0.25, 0.3) is 0 Å². The number of Topliss-reactive ketones (excluding diaryl/α,β-unsaturated/α-hetero) is 1. The molecular formula is C14H18BrNO4. The number of aliphatic hydroxyl groups excluding tert-OH is 2. The van der Waals surface area contributed by atoms with E-state index in [1.165, 1.54) is 6.92 Å². The highest BCUT2D eigenvalue weighted by atomic mass is 79.9. The minimum absolute atomic E-state index is 0.158. The molecule has 0 spiro atoms. The van der Waals surface area contributed by atoms with Crippen LogP contribution >= 0.6 is 15.9 Å². The van der Waals surface area contributed by atoms with Gasteiger partial charge < -0.3 is 15.5 Å². The van der Waals surface area contributed by atoms with Crippen molar-refractivity contribution >= 4 is 33.3 Å². The Morgan fingerprint density at radius 1 is 1.25 bits per heavy atom. The van der Waals surface area contributed by atoms with E-state index in [0.717, 1.165) is 0 Å². The van der Waals surface area contributed by atoms with Crippen LogP contribution in [0.3, 0.4) is 0 Å². The van der Waals surface area contributed by atoms with Crippen molar-refractivity contribution in [3.8, 4) is 0 Å². The molecule has 0 fully saturated rings. The van der Waals surface area contributed by atoms with Gasteiger partial charge in [0.05, 0.1) is 12.5 Å². The maximum absolute atomic E-state index is 11.4. The number of aliphatic hydroxyl groups is 2. The van der Waals surface area contributed by atoms with Crippen LogP contribution in [0.25, 0.3) is 0 Å². The van der Waals surface area contributed by atoms with Crippen LogP contribution in [0.1, 0.15) is 31.4 Å². The van der Waals surface area contributed by atoms with Gasteiger partial charge >= 0.3 is 0 Å². The van der Waals surface area contributed by atoms with E-state index in [9.17, 15) is 19.8 Å². The molecule has 1 rings (SSSR count). The number of anilines is 1. The molecule has 0 aliphatic heterocycles. The molecule has 0 aliphatic carbocycles. The van der Waals surface area contributed by atoms with Crippen LogP contribution in [0.5, 0.6) is 0 Å². The molecule has 2 unspecified atom stereocenters. The monoisotopic (exact) mass is 343 g/mol. The van der Waals surface area contributed by atoms with E-state index in [4.69, 9.17) is 0 Å². The van der Waals surface area contributed by atoms with Gasteiger partial charge in [0.1, 0.15) is 11.9 Å². The molecule has 110 valence electrons. The summed E-state index contributed by atoms with van der Waals surface area (Å²) in [7, 11) is 0. The normalized spacial score (nSPS) is 13.6. The molecule has 6 heteroatoms. The Morgan fingerprint density at radius 2 is 1.85 bits per heavy atom. The Morgan fingerprint density at radius 3 is 2.35 bits per heavy atom. The fourth-order valence-corrected chi connectivity index (χ4v) is 2.16. The highest BCUT2D eigenvalue weighted by Crippen LogP contribution is 2.21. The summed E-state index contributed by atoms with van der Waals surface area (Å²) in [5.41, 5.74) is 1.12. The zero-order valence-electron chi connectivity index (χ0n) is 11.2. The first kappa shape index (κ1) is 16.8. The van der Waals surface area contributed by atoms with Crippen molar-refractivity contribution in [1.82, 2.24) is 0 Å². The predicted molar refractivity (Wildman–Crippen MR) is 79.7 cm³/mol. The Kier molecular flexibility index (Phi) is 6.84. The maximum atomic E-state index is 11.4. The van der Waals surface area contributed by atoms with Crippen LogP contribution in [0, 0.1) is 0 Å². The van der Waals surface area contributed by atoms with Gasteiger partial charge in [0.2, 0.25) is 5.91 Å². The lowest BCUT2D eigenvalue weighted by Crippen LogP contribution is -2.19. The van der Waals surface area contributed by atoms with Gasteiger partial charge in [-0.2, -0.15) is 0 Å². The number of benzene rings is 1. The van der Waals surface area contributed by atoms with Crippen molar-refractivity contribution in [3.63, 3.8) is 0 Å². The third-order valence-corrected chi connectivity index (χ3v) is 3.17. The summed E-state index contributed by atoms with van der Waals surface area (Å²) in [4.78, 5) is 22.2. The fourth-order valence-electron chi connectivity index (χ4n) is 1.69. The zero-order valence-corrected chi connectivity index (χ0v) is 12.8. The Bertz CT molecular complexity index is 461. The maximum Gasteiger partial charge on any atom is 0.231 e. The average Bonchev–Trinajstić information content (AvgIpc) is 2.38. The van der Waals surface area contributed by atoms with E-state index >= 15 is 0 Å². The van der Waals surface area contributed by atoms with E-state index < -0.39 is 12.2 Å². The highest BCUT2D eigenvalue weighted by Gasteiger charge is 2.17. The third kappa shape index (κ3) is 5.40. The lowest BCUT2D eigenvalue weighted by atomic mass is 10.0. The van der Waals surface area contributed by atoms with Crippen molar-refractivity contribution in [2.45, 2.75) is 32.0 Å². The number of carbonyl (C=O) groups is 2. The number of rotatable bonds is 7. The molecule has 5 nitrogen and oxygen atoms in total. The summed E-state index contributed by atoms with van der Waals surface area (Å²) < 4.78 is 0. The molecule has 0 saturated carbocycles. The second kappa shape index (κ2) is 8.14. The number of hydrogen-bond acceptors (Lipinski definition) is 4. The smallest absolute Gasteiger partial charge is 0.231 e. The molecule has 1 aromatic carbocycles. The number of carbonyl (C=O) groups excluding carboxylic acids is 2. The molecule has 0 aromatic heterocycles. The number of alkyl halides is 1. The Hall–Kier alpha value is -1.24. The fraction of sp³-hybridized carbons (Fsp3) is 0.429. The first-order valence-corrected chi connectivity index (χ1v) is 7.37. The number of ketones is 1. The average molecular weight is 344 g/mol. The van der Waals surface area contributed by atoms with Crippen molar-refractivity contribution in [2.75, 3.05) is 10.6 Å². The topological polar surface area (TPSA) is 86.6 Å². The summed E-state index contributed by atoms with van der Waals surface area (Å²) in [5.74, 6) is -0.572. The SMILES string of the molecule is CC(=O)CC(=O)Nc1ccc(C(O)C(O)CCBr)cc1. The van der Waals surface area contributed by atoms with Crippen LogP contribution < -0.4 is 5.32 Å². The zero-order chi connectivity index (χ0) is 15.1. The molecule has 1 aromatic rings. The molecule has 0 heterocycles. The van der Waals surface area contributed by atoms with Crippen LogP contribution in [-0.2, 0) is 9.59 Å². The quantitative estimate of drug-likeness (QED) is 0.520. The summed E-state index contributed by atoms with van der Waals surface area (Å²) in [6, 6.07) is 6.51. The van der Waals surface area contributed by atoms with E-state index in [1.807, 2.05) is 0 Å². The number of halogens is 1. The second-order valence-corrected chi connectivity index (χ2v) is 5.33. The lowest BCUT2D eigenvalue weighted by molar-refractivity contribution is -0.124. The first-order chi connectivity index (χ1) is 9.43. The molecule has 2 atom stereocenters. The van der Waals surface area contributed by atoms with Gasteiger partial charge in [0.15, 0.2) is 0 Å². The minimum atomic E-state index is -0.963. The molecule has 0 saturated heterocycles. The summed E-state index contributed by atoms with van der Waals surface area (Å²) >= 11 is 3.20. The van der Waals surface area contributed by atoms with Crippen molar-refractivity contribution in [3.05, 3.63) is 29.8 Å². The second-order valence-electron chi connectivity index (χ2n) is 4.54. The van der Waals surface area contributed by atoms with Crippen LogP contribution in [0.2, 0.25) is 0 Å². The summed E-state index contributed by atoms with van der Waals surface area (Å²) in [6.45, 7) is 1.35. The highest BCUT2D eigenvalue weighted by molar-refractivity contribution is 9.09. The number of amides is 1. The van der Waals surface area contributed by atoms with Gasteiger partial charge in [-0.3, -0.25) is 9.59 Å². The van der Waals surface area contributed by atoms with Crippen LogP contribution in [0.4, 0.5) is 5.69 Å². The van der Waals surface area contributed by atoms with E-state index in [-0.39, 0.29) is 18.1 Å². The Labute approximate surface area is 126 Å². The molecule has 0 aliphatic rings. The van der Waals surface area contributed by atoms with Crippen molar-refractivity contribution in [2.24, 2.45) is 0 Å². The molecule has 1 amide bonds. The van der Waals surface area contributed by atoms with E-state index in [1.54, 1.807) is 24.3 Å². The molecule has 0 bridgehead atoms. The summed E-state index contributed by atoms with van der Waals surface area (Å²) in [5, 5.41) is 22.8. The van der Waals surface area contributed by atoms with Crippen LogP contribution in [0.15, 0.2) is 24.3 Å².